The van der Waals surface area contributed by atoms with E-state index in [0.717, 1.165) is 0 Å². The quantitative estimate of drug-likeness (QED) is 0.347. The van der Waals surface area contributed by atoms with E-state index in [0.29, 0.717) is 0 Å². The monoisotopic (exact) mass is 370 g/mol. The third-order valence-electron chi connectivity index (χ3n) is 4.16. The molecule has 0 spiro atoms. The molecule has 0 aromatic heterocycles. The summed E-state index contributed by atoms with van der Waals surface area (Å²) in [5, 5.41) is 28.7. The Hall–Kier alpha value is -0.540. The van der Waals surface area contributed by atoms with Gasteiger partial charge in [-0.25, -0.2) is 0 Å². The molecule has 0 heterocycles. The third-order valence-corrected chi connectivity index (χ3v) is 6.46. The van der Waals surface area contributed by atoms with E-state index in [1.54, 1.807) is 0 Å². The summed E-state index contributed by atoms with van der Waals surface area (Å²) in [5.74, 6) is -5.66. The van der Waals surface area contributed by atoms with Crippen LogP contribution in [0.3, 0.4) is 0 Å². The Kier molecular flexibility index (Phi) is 7.17. The molecule has 3 unspecified atom stereocenters. The van der Waals surface area contributed by atoms with Crippen molar-refractivity contribution in [3.8, 4) is 0 Å². The van der Waals surface area contributed by atoms with Crippen molar-refractivity contribution in [3.05, 3.63) is 0 Å². The van der Waals surface area contributed by atoms with Crippen LogP contribution in [0.2, 0.25) is 0 Å². The lowest BCUT2D eigenvalue weighted by atomic mass is 9.68. The molecule has 0 aliphatic carbocycles. The van der Waals surface area contributed by atoms with Crippen LogP contribution in [0.1, 0.15) is 40.0 Å². The van der Waals surface area contributed by atoms with E-state index in [1.807, 2.05) is 0 Å². The molecule has 0 bridgehead atoms. The van der Waals surface area contributed by atoms with Gasteiger partial charge in [-0.05, 0) is 19.3 Å². The topological polar surface area (TPSA) is 112 Å². The maximum Gasteiger partial charge on any atom is 0.319 e. The molecule has 128 valence electrons. The second kappa shape index (κ2) is 7.35. The lowest BCUT2D eigenvalue weighted by Crippen LogP contribution is -2.64. The molecule has 0 aromatic rings. The number of carboxylic acid groups (broad SMARTS) is 3. The van der Waals surface area contributed by atoms with Gasteiger partial charge in [0.1, 0.15) is 14.2 Å². The SMILES string of the molecule is CCC(S)(C(=O)O)C(C(S)(CC)C(=O)O)C(S)(CC)C(=O)O. The molecule has 0 aliphatic heterocycles. The zero-order valence-corrected chi connectivity index (χ0v) is 15.3. The summed E-state index contributed by atoms with van der Waals surface area (Å²) in [6, 6.07) is 0. The molecule has 0 amide bonds. The first-order valence-electron chi connectivity index (χ1n) is 6.75. The van der Waals surface area contributed by atoms with E-state index >= 15 is 0 Å². The molecule has 6 nitrogen and oxygen atoms in total. The fraction of sp³-hybridized carbons (Fsp3) is 0.769. The van der Waals surface area contributed by atoms with Crippen LogP contribution in [-0.2, 0) is 14.4 Å². The summed E-state index contributed by atoms with van der Waals surface area (Å²) in [5.41, 5.74) is 0. The highest BCUT2D eigenvalue weighted by Crippen LogP contribution is 2.51. The first kappa shape index (κ1) is 21.5. The van der Waals surface area contributed by atoms with Crippen molar-refractivity contribution in [1.29, 1.82) is 0 Å². The first-order valence-corrected chi connectivity index (χ1v) is 8.09. The van der Waals surface area contributed by atoms with Crippen molar-refractivity contribution in [2.45, 2.75) is 54.3 Å². The van der Waals surface area contributed by atoms with Crippen LogP contribution in [0.4, 0.5) is 0 Å². The van der Waals surface area contributed by atoms with Crippen molar-refractivity contribution in [2.75, 3.05) is 0 Å². The second-order valence-corrected chi connectivity index (χ2v) is 7.58. The lowest BCUT2D eigenvalue weighted by molar-refractivity contribution is -0.150. The largest absolute Gasteiger partial charge is 0.480 e. The van der Waals surface area contributed by atoms with Gasteiger partial charge in [-0.3, -0.25) is 14.4 Å². The highest BCUT2D eigenvalue weighted by Gasteiger charge is 2.64. The Bertz CT molecular complexity index is 404. The summed E-state index contributed by atoms with van der Waals surface area (Å²) in [6.07, 6.45) is -0.246. The van der Waals surface area contributed by atoms with E-state index in [9.17, 15) is 29.7 Å². The number of thiol groups is 3. The normalized spacial score (nSPS) is 21.0. The number of hydrogen-bond donors (Lipinski definition) is 6. The second-order valence-electron chi connectivity index (χ2n) is 5.18. The Labute approximate surface area is 145 Å². The lowest BCUT2D eigenvalue weighted by Gasteiger charge is -2.48. The molecule has 0 fully saturated rings. The first-order chi connectivity index (χ1) is 9.88. The summed E-state index contributed by atoms with van der Waals surface area (Å²) in [4.78, 5) is 35.2. The summed E-state index contributed by atoms with van der Waals surface area (Å²) in [6.45, 7) is 4.52. The van der Waals surface area contributed by atoms with Gasteiger partial charge in [-0.2, -0.15) is 37.9 Å². The molecule has 0 rings (SSSR count). The van der Waals surface area contributed by atoms with Crippen LogP contribution in [0.5, 0.6) is 0 Å². The van der Waals surface area contributed by atoms with Crippen LogP contribution in [0, 0.1) is 5.92 Å². The highest BCUT2D eigenvalue weighted by atomic mass is 32.1. The summed E-state index contributed by atoms with van der Waals surface area (Å²) in [7, 11) is 0. The van der Waals surface area contributed by atoms with Crippen molar-refractivity contribution in [3.63, 3.8) is 0 Å². The molecular formula is C13H22O6S3. The number of carbonyl (C=O) groups is 3. The fourth-order valence-corrected chi connectivity index (χ4v) is 4.25. The molecule has 22 heavy (non-hydrogen) atoms. The van der Waals surface area contributed by atoms with Gasteiger partial charge >= 0.3 is 17.9 Å². The number of carboxylic acids is 3. The van der Waals surface area contributed by atoms with Crippen molar-refractivity contribution >= 4 is 55.8 Å². The van der Waals surface area contributed by atoms with E-state index in [1.165, 1.54) is 20.8 Å². The van der Waals surface area contributed by atoms with Gasteiger partial charge < -0.3 is 15.3 Å². The Morgan fingerprint density at radius 1 is 0.727 bits per heavy atom. The number of rotatable bonds is 9. The van der Waals surface area contributed by atoms with Gasteiger partial charge in [0, 0.05) is 5.92 Å². The van der Waals surface area contributed by atoms with Crippen molar-refractivity contribution < 1.29 is 29.7 Å². The minimum absolute atomic E-state index is 0.0821. The number of aliphatic carboxylic acids is 3. The van der Waals surface area contributed by atoms with Gasteiger partial charge in [0.15, 0.2) is 0 Å². The molecule has 9 heteroatoms. The average molecular weight is 371 g/mol. The molecule has 0 saturated heterocycles. The maximum absolute atomic E-state index is 11.7. The molecule has 0 radical (unpaired) electrons. The molecular weight excluding hydrogens is 348 g/mol. The predicted octanol–water partition coefficient (Wildman–Crippen LogP) is 2.09. The molecule has 0 saturated carbocycles. The van der Waals surface area contributed by atoms with Gasteiger partial charge in [0.2, 0.25) is 0 Å². The molecule has 0 aromatic carbocycles. The summed E-state index contributed by atoms with van der Waals surface area (Å²) < 4.78 is -5.73. The smallest absolute Gasteiger partial charge is 0.319 e. The minimum Gasteiger partial charge on any atom is -0.480 e. The van der Waals surface area contributed by atoms with E-state index < -0.39 is 38.1 Å². The van der Waals surface area contributed by atoms with Gasteiger partial charge in [-0.15, -0.1) is 0 Å². The van der Waals surface area contributed by atoms with E-state index in [-0.39, 0.29) is 19.3 Å². The summed E-state index contributed by atoms with van der Waals surface area (Å²) >= 11 is 12.5. The molecule has 3 N–H and O–H groups in total. The fourth-order valence-electron chi connectivity index (χ4n) is 2.62. The highest BCUT2D eigenvalue weighted by molar-refractivity contribution is 7.85. The van der Waals surface area contributed by atoms with Crippen LogP contribution in [-0.4, -0.2) is 47.5 Å². The Morgan fingerprint density at radius 2 is 0.909 bits per heavy atom. The average Bonchev–Trinajstić information content (AvgIpc) is 2.45. The van der Waals surface area contributed by atoms with Crippen molar-refractivity contribution in [1.82, 2.24) is 0 Å². The van der Waals surface area contributed by atoms with E-state index in [4.69, 9.17) is 0 Å². The van der Waals surface area contributed by atoms with Gasteiger partial charge in [0.25, 0.3) is 0 Å². The van der Waals surface area contributed by atoms with Crippen LogP contribution >= 0.6 is 37.9 Å². The van der Waals surface area contributed by atoms with Gasteiger partial charge in [-0.1, -0.05) is 20.8 Å². The van der Waals surface area contributed by atoms with Crippen LogP contribution in [0.15, 0.2) is 0 Å². The zero-order valence-electron chi connectivity index (χ0n) is 12.6. The zero-order chi connectivity index (χ0) is 17.9. The maximum atomic E-state index is 11.7. The standard InChI is InChI=1S/C13H22O6S3/c1-4-11(20,8(14)15)7(12(21,5-2)9(16)17)13(22,6-3)10(18)19/h7,20-22H,4-6H2,1-3H3,(H,14,15)(H,16,17)(H,18,19). The minimum atomic E-state index is -1.91. The van der Waals surface area contributed by atoms with Crippen molar-refractivity contribution in [2.24, 2.45) is 5.92 Å². The molecule has 0 aliphatic rings. The Morgan fingerprint density at radius 3 is 1.00 bits per heavy atom. The predicted molar refractivity (Wildman–Crippen MR) is 92.4 cm³/mol. The molecule has 3 atom stereocenters. The number of hydrogen-bond acceptors (Lipinski definition) is 6. The van der Waals surface area contributed by atoms with Crippen LogP contribution < -0.4 is 0 Å². The van der Waals surface area contributed by atoms with E-state index in [2.05, 4.69) is 37.9 Å². The van der Waals surface area contributed by atoms with Gasteiger partial charge in [0.05, 0.1) is 0 Å². The van der Waals surface area contributed by atoms with Crippen LogP contribution in [0.25, 0.3) is 0 Å². The third kappa shape index (κ3) is 3.35. The Balaban J connectivity index is 6.65.